The van der Waals surface area contributed by atoms with Gasteiger partial charge in [0.25, 0.3) is 0 Å². The van der Waals surface area contributed by atoms with E-state index in [0.717, 1.165) is 45.8 Å². The van der Waals surface area contributed by atoms with E-state index in [1.807, 2.05) is 0 Å². The van der Waals surface area contributed by atoms with Crippen LogP contribution in [0.25, 0.3) is 0 Å². The van der Waals surface area contributed by atoms with Crippen molar-refractivity contribution in [3.8, 4) is 0 Å². The molecule has 5 nitrogen and oxygen atoms in total. The van der Waals surface area contributed by atoms with E-state index >= 15 is 0 Å². The number of ether oxygens (including phenoxy) is 3. The van der Waals surface area contributed by atoms with Gasteiger partial charge in [0.15, 0.2) is 0 Å². The Kier molecular flexibility index (Phi) is 6.44. The van der Waals surface area contributed by atoms with Crippen molar-refractivity contribution in [2.24, 2.45) is 5.41 Å². The highest BCUT2D eigenvalue weighted by Crippen LogP contribution is 2.31. The van der Waals surface area contributed by atoms with Gasteiger partial charge < -0.3 is 19.5 Å². The first-order valence-corrected chi connectivity index (χ1v) is 8.17. The Morgan fingerprint density at radius 2 is 1.90 bits per heavy atom. The molecule has 0 amide bonds. The Balaban J connectivity index is 1.95. The molecule has 2 saturated heterocycles. The van der Waals surface area contributed by atoms with Gasteiger partial charge in [0, 0.05) is 58.5 Å². The Hall–Kier alpha value is -0.200. The minimum Gasteiger partial charge on any atom is -0.381 e. The summed E-state index contributed by atoms with van der Waals surface area (Å²) in [6.45, 7) is 10.2. The predicted molar refractivity (Wildman–Crippen MR) is 83.7 cm³/mol. The molecular formula is C16H32N2O3. The van der Waals surface area contributed by atoms with E-state index in [2.05, 4.69) is 24.1 Å². The van der Waals surface area contributed by atoms with Crippen LogP contribution in [0.2, 0.25) is 0 Å². The highest BCUT2D eigenvalue weighted by Gasteiger charge is 2.40. The average molecular weight is 300 g/mol. The second kappa shape index (κ2) is 7.88. The topological polar surface area (TPSA) is 43.0 Å². The van der Waals surface area contributed by atoms with E-state index in [1.54, 1.807) is 14.2 Å². The van der Waals surface area contributed by atoms with E-state index < -0.39 is 0 Å². The normalized spacial score (nSPS) is 34.7. The van der Waals surface area contributed by atoms with Gasteiger partial charge in [-0.15, -0.1) is 0 Å². The summed E-state index contributed by atoms with van der Waals surface area (Å²) in [6, 6.07) is 0.515. The van der Waals surface area contributed by atoms with Crippen LogP contribution in [0, 0.1) is 5.41 Å². The van der Waals surface area contributed by atoms with Crippen LogP contribution in [-0.4, -0.2) is 76.8 Å². The third-order valence-corrected chi connectivity index (χ3v) is 4.74. The van der Waals surface area contributed by atoms with Crippen molar-refractivity contribution in [1.29, 1.82) is 0 Å². The van der Waals surface area contributed by atoms with Gasteiger partial charge in [0.2, 0.25) is 0 Å². The van der Waals surface area contributed by atoms with Crippen LogP contribution in [0.1, 0.15) is 26.7 Å². The first kappa shape index (κ1) is 17.2. The molecule has 0 aromatic rings. The zero-order chi connectivity index (χ0) is 15.3. The summed E-state index contributed by atoms with van der Waals surface area (Å²) in [5.41, 5.74) is 0.226. The van der Waals surface area contributed by atoms with Crippen LogP contribution in [0.15, 0.2) is 0 Å². The Bertz CT molecular complexity index is 294. The Morgan fingerprint density at radius 1 is 1.24 bits per heavy atom. The van der Waals surface area contributed by atoms with Crippen LogP contribution in [-0.2, 0) is 14.2 Å². The second-order valence-electron chi connectivity index (χ2n) is 6.93. The number of nitrogens with one attached hydrogen (secondary N) is 1. The van der Waals surface area contributed by atoms with Crippen LogP contribution >= 0.6 is 0 Å². The molecule has 0 saturated carbocycles. The summed E-state index contributed by atoms with van der Waals surface area (Å²) in [6.07, 6.45) is 2.78. The van der Waals surface area contributed by atoms with Crippen molar-refractivity contribution in [2.75, 3.05) is 53.6 Å². The molecule has 3 unspecified atom stereocenters. The molecule has 3 atom stereocenters. The molecule has 124 valence electrons. The molecule has 2 aliphatic heterocycles. The molecular weight excluding hydrogens is 268 g/mol. The molecule has 0 bridgehead atoms. The fourth-order valence-corrected chi connectivity index (χ4v) is 3.53. The van der Waals surface area contributed by atoms with Gasteiger partial charge in [0.05, 0.1) is 18.8 Å². The summed E-state index contributed by atoms with van der Waals surface area (Å²) >= 11 is 0. The lowest BCUT2D eigenvalue weighted by molar-refractivity contribution is -0.0259. The third-order valence-electron chi connectivity index (χ3n) is 4.74. The number of hydrogen-bond donors (Lipinski definition) is 1. The van der Waals surface area contributed by atoms with Gasteiger partial charge in [-0.25, -0.2) is 0 Å². The summed E-state index contributed by atoms with van der Waals surface area (Å²) < 4.78 is 16.9. The second-order valence-corrected chi connectivity index (χ2v) is 6.93. The van der Waals surface area contributed by atoms with Gasteiger partial charge in [-0.1, -0.05) is 13.8 Å². The van der Waals surface area contributed by atoms with Gasteiger partial charge in [-0.2, -0.15) is 0 Å². The molecule has 1 N–H and O–H groups in total. The van der Waals surface area contributed by atoms with Crippen molar-refractivity contribution >= 4 is 0 Å². The fraction of sp³-hybridized carbons (Fsp3) is 1.00. The lowest BCUT2D eigenvalue weighted by Gasteiger charge is -2.40. The van der Waals surface area contributed by atoms with E-state index in [9.17, 15) is 0 Å². The first-order valence-electron chi connectivity index (χ1n) is 8.17. The number of likely N-dealkylation sites (tertiary alicyclic amines) is 1. The largest absolute Gasteiger partial charge is 0.381 e. The van der Waals surface area contributed by atoms with E-state index in [4.69, 9.17) is 14.2 Å². The maximum Gasteiger partial charge on any atom is 0.0971 e. The molecule has 0 aromatic heterocycles. The van der Waals surface area contributed by atoms with E-state index in [-0.39, 0.29) is 17.6 Å². The number of hydrogen-bond acceptors (Lipinski definition) is 5. The molecule has 0 radical (unpaired) electrons. The highest BCUT2D eigenvalue weighted by molar-refractivity contribution is 4.93. The molecule has 2 heterocycles. The zero-order valence-electron chi connectivity index (χ0n) is 14.1. The summed E-state index contributed by atoms with van der Waals surface area (Å²) in [7, 11) is 3.56. The number of methoxy groups -OCH3 is 2. The Morgan fingerprint density at radius 3 is 2.38 bits per heavy atom. The quantitative estimate of drug-likeness (QED) is 0.763. The molecule has 2 fully saturated rings. The molecule has 2 rings (SSSR count). The standard InChI is InChI=1S/C16H32N2O3/c1-13(2)17-10-16(6-5-7-21-12-16)11-18-8-14(19-3)15(9-18)20-4/h13-15,17H,5-12H2,1-4H3. The molecule has 0 aliphatic carbocycles. The van der Waals surface area contributed by atoms with Gasteiger partial charge >= 0.3 is 0 Å². The maximum absolute atomic E-state index is 5.81. The van der Waals surface area contributed by atoms with Crippen molar-refractivity contribution in [1.82, 2.24) is 10.2 Å². The summed E-state index contributed by atoms with van der Waals surface area (Å²) in [5, 5.41) is 3.61. The maximum atomic E-state index is 5.81. The smallest absolute Gasteiger partial charge is 0.0971 e. The zero-order valence-corrected chi connectivity index (χ0v) is 14.1. The van der Waals surface area contributed by atoms with Crippen molar-refractivity contribution in [3.05, 3.63) is 0 Å². The van der Waals surface area contributed by atoms with Crippen LogP contribution in [0.5, 0.6) is 0 Å². The van der Waals surface area contributed by atoms with E-state index in [1.165, 1.54) is 6.42 Å². The number of nitrogens with zero attached hydrogens (tertiary/aromatic N) is 1. The minimum absolute atomic E-state index is 0.189. The van der Waals surface area contributed by atoms with Crippen molar-refractivity contribution in [3.63, 3.8) is 0 Å². The number of rotatable bonds is 7. The fourth-order valence-electron chi connectivity index (χ4n) is 3.53. The SMILES string of the molecule is COC1CN(CC2(CNC(C)C)CCCOC2)CC1OC. The average Bonchev–Trinajstić information content (AvgIpc) is 2.88. The van der Waals surface area contributed by atoms with Crippen molar-refractivity contribution in [2.45, 2.75) is 44.9 Å². The van der Waals surface area contributed by atoms with Crippen LogP contribution in [0.3, 0.4) is 0 Å². The van der Waals surface area contributed by atoms with E-state index in [0.29, 0.717) is 6.04 Å². The lowest BCUT2D eigenvalue weighted by Crippen LogP contribution is -2.50. The third kappa shape index (κ3) is 4.63. The lowest BCUT2D eigenvalue weighted by atomic mass is 9.81. The van der Waals surface area contributed by atoms with Crippen molar-refractivity contribution < 1.29 is 14.2 Å². The highest BCUT2D eigenvalue weighted by atomic mass is 16.5. The molecule has 0 aromatic carbocycles. The molecule has 2 aliphatic rings. The monoisotopic (exact) mass is 300 g/mol. The van der Waals surface area contributed by atoms with Crippen LogP contribution in [0.4, 0.5) is 0 Å². The first-order chi connectivity index (χ1) is 10.1. The van der Waals surface area contributed by atoms with Gasteiger partial charge in [-0.3, -0.25) is 4.90 Å². The molecule has 21 heavy (non-hydrogen) atoms. The van der Waals surface area contributed by atoms with Crippen LogP contribution < -0.4 is 5.32 Å². The predicted octanol–water partition coefficient (Wildman–Crippen LogP) is 1.13. The Labute approximate surface area is 129 Å². The summed E-state index contributed by atoms with van der Waals surface area (Å²) in [5.74, 6) is 0. The molecule has 0 spiro atoms. The van der Waals surface area contributed by atoms with Gasteiger partial charge in [0.1, 0.15) is 0 Å². The summed E-state index contributed by atoms with van der Waals surface area (Å²) in [4.78, 5) is 2.49. The minimum atomic E-state index is 0.189. The van der Waals surface area contributed by atoms with Gasteiger partial charge in [-0.05, 0) is 12.8 Å². The molecule has 5 heteroatoms.